The molecule has 92 valence electrons. The summed E-state index contributed by atoms with van der Waals surface area (Å²) in [6.07, 6.45) is 3.72. The SMILES string of the molecule is CCCC1CC1Nc1ccc([N+](=O)[O-])cc1C. The van der Waals surface area contributed by atoms with Crippen LogP contribution in [0.3, 0.4) is 0 Å². The Bertz CT molecular complexity index is 431. The predicted molar refractivity (Wildman–Crippen MR) is 68.3 cm³/mol. The number of aryl methyl sites for hydroxylation is 1. The summed E-state index contributed by atoms with van der Waals surface area (Å²) in [7, 11) is 0. The number of hydrogen-bond donors (Lipinski definition) is 1. The zero-order valence-corrected chi connectivity index (χ0v) is 10.3. The van der Waals surface area contributed by atoms with Crippen molar-refractivity contribution >= 4 is 11.4 Å². The average molecular weight is 234 g/mol. The molecular weight excluding hydrogens is 216 g/mol. The Morgan fingerprint density at radius 2 is 2.29 bits per heavy atom. The van der Waals surface area contributed by atoms with E-state index in [1.54, 1.807) is 12.1 Å². The van der Waals surface area contributed by atoms with Gasteiger partial charge in [-0.25, -0.2) is 0 Å². The highest BCUT2D eigenvalue weighted by Crippen LogP contribution is 2.38. The van der Waals surface area contributed by atoms with E-state index in [0.717, 1.165) is 17.2 Å². The van der Waals surface area contributed by atoms with Crippen LogP contribution in [0.4, 0.5) is 11.4 Å². The van der Waals surface area contributed by atoms with E-state index in [-0.39, 0.29) is 10.6 Å². The predicted octanol–water partition coefficient (Wildman–Crippen LogP) is 3.50. The molecule has 2 unspecified atom stereocenters. The van der Waals surface area contributed by atoms with Crippen molar-refractivity contribution in [1.29, 1.82) is 0 Å². The smallest absolute Gasteiger partial charge is 0.269 e. The fraction of sp³-hybridized carbons (Fsp3) is 0.538. The van der Waals surface area contributed by atoms with Gasteiger partial charge in [0, 0.05) is 23.9 Å². The summed E-state index contributed by atoms with van der Waals surface area (Å²) in [5.74, 6) is 0.787. The minimum absolute atomic E-state index is 0.161. The molecule has 1 fully saturated rings. The Morgan fingerprint density at radius 1 is 1.53 bits per heavy atom. The van der Waals surface area contributed by atoms with Crippen molar-refractivity contribution in [3.05, 3.63) is 33.9 Å². The van der Waals surface area contributed by atoms with Crippen molar-refractivity contribution in [2.75, 3.05) is 5.32 Å². The highest BCUT2D eigenvalue weighted by Gasteiger charge is 2.36. The molecule has 0 saturated heterocycles. The van der Waals surface area contributed by atoms with Crippen molar-refractivity contribution in [3.63, 3.8) is 0 Å². The van der Waals surface area contributed by atoms with Crippen LogP contribution in [-0.2, 0) is 0 Å². The van der Waals surface area contributed by atoms with E-state index in [9.17, 15) is 10.1 Å². The summed E-state index contributed by atoms with van der Waals surface area (Å²) in [5.41, 5.74) is 2.13. The first-order valence-electron chi connectivity index (χ1n) is 6.13. The van der Waals surface area contributed by atoms with Gasteiger partial charge in [0.15, 0.2) is 0 Å². The van der Waals surface area contributed by atoms with Crippen molar-refractivity contribution < 1.29 is 4.92 Å². The van der Waals surface area contributed by atoms with Gasteiger partial charge < -0.3 is 5.32 Å². The molecule has 17 heavy (non-hydrogen) atoms. The van der Waals surface area contributed by atoms with Crippen LogP contribution in [0.1, 0.15) is 31.7 Å². The lowest BCUT2D eigenvalue weighted by Crippen LogP contribution is -2.06. The molecule has 0 bridgehead atoms. The maximum Gasteiger partial charge on any atom is 0.269 e. The molecule has 0 heterocycles. The molecule has 0 aromatic heterocycles. The molecule has 1 aromatic rings. The maximum atomic E-state index is 10.6. The van der Waals surface area contributed by atoms with E-state index in [1.165, 1.54) is 19.3 Å². The fourth-order valence-electron chi connectivity index (χ4n) is 2.24. The van der Waals surface area contributed by atoms with Gasteiger partial charge in [0.1, 0.15) is 0 Å². The number of rotatable bonds is 5. The van der Waals surface area contributed by atoms with Gasteiger partial charge in [-0.2, -0.15) is 0 Å². The topological polar surface area (TPSA) is 55.2 Å². The van der Waals surface area contributed by atoms with E-state index in [2.05, 4.69) is 12.2 Å². The minimum Gasteiger partial charge on any atom is -0.382 e. The van der Waals surface area contributed by atoms with E-state index in [1.807, 2.05) is 13.0 Å². The van der Waals surface area contributed by atoms with Crippen LogP contribution in [0.5, 0.6) is 0 Å². The molecule has 1 aromatic carbocycles. The van der Waals surface area contributed by atoms with Gasteiger partial charge in [-0.3, -0.25) is 10.1 Å². The Morgan fingerprint density at radius 3 is 2.88 bits per heavy atom. The van der Waals surface area contributed by atoms with Crippen LogP contribution >= 0.6 is 0 Å². The summed E-state index contributed by atoms with van der Waals surface area (Å²) < 4.78 is 0. The number of benzene rings is 1. The summed E-state index contributed by atoms with van der Waals surface area (Å²) in [4.78, 5) is 10.3. The highest BCUT2D eigenvalue weighted by molar-refractivity contribution is 5.56. The van der Waals surface area contributed by atoms with Crippen molar-refractivity contribution in [3.8, 4) is 0 Å². The van der Waals surface area contributed by atoms with Crippen LogP contribution < -0.4 is 5.32 Å². The van der Waals surface area contributed by atoms with Gasteiger partial charge in [0.05, 0.1) is 4.92 Å². The van der Waals surface area contributed by atoms with Crippen molar-refractivity contribution in [2.24, 2.45) is 5.92 Å². The largest absolute Gasteiger partial charge is 0.382 e. The average Bonchev–Trinajstić information content (AvgIpc) is 3.00. The fourth-order valence-corrected chi connectivity index (χ4v) is 2.24. The van der Waals surface area contributed by atoms with Crippen LogP contribution in [-0.4, -0.2) is 11.0 Å². The molecule has 0 radical (unpaired) electrons. The summed E-state index contributed by atoms with van der Waals surface area (Å²) in [6, 6.07) is 5.57. The molecule has 0 spiro atoms. The number of nitro benzene ring substituents is 1. The van der Waals surface area contributed by atoms with Gasteiger partial charge in [-0.15, -0.1) is 0 Å². The van der Waals surface area contributed by atoms with Crippen LogP contribution in [0.2, 0.25) is 0 Å². The van der Waals surface area contributed by atoms with Crippen LogP contribution in [0.25, 0.3) is 0 Å². The van der Waals surface area contributed by atoms with E-state index < -0.39 is 0 Å². The van der Waals surface area contributed by atoms with Gasteiger partial charge in [-0.05, 0) is 37.3 Å². The number of anilines is 1. The lowest BCUT2D eigenvalue weighted by Gasteiger charge is -2.08. The normalized spacial score (nSPS) is 22.2. The zero-order valence-electron chi connectivity index (χ0n) is 10.3. The Balaban J connectivity index is 2.00. The first-order valence-corrected chi connectivity index (χ1v) is 6.13. The summed E-state index contributed by atoms with van der Waals surface area (Å²) >= 11 is 0. The third-order valence-corrected chi connectivity index (χ3v) is 3.34. The molecule has 1 N–H and O–H groups in total. The first-order chi connectivity index (χ1) is 8.11. The van der Waals surface area contributed by atoms with Gasteiger partial charge in [0.25, 0.3) is 5.69 Å². The summed E-state index contributed by atoms with van der Waals surface area (Å²) in [5, 5.41) is 14.1. The molecule has 1 aliphatic carbocycles. The zero-order chi connectivity index (χ0) is 12.4. The number of nitrogens with zero attached hydrogens (tertiary/aromatic N) is 1. The first kappa shape index (κ1) is 11.9. The number of non-ortho nitro benzene ring substituents is 1. The van der Waals surface area contributed by atoms with Gasteiger partial charge in [0.2, 0.25) is 0 Å². The standard InChI is InChI=1S/C13H18N2O2/c1-3-4-10-8-13(10)14-12-6-5-11(15(16)17)7-9(12)2/h5-7,10,13-14H,3-4,8H2,1-2H3. The van der Waals surface area contributed by atoms with Crippen molar-refractivity contribution in [2.45, 2.75) is 39.2 Å². The molecular formula is C13H18N2O2. The van der Waals surface area contributed by atoms with Crippen LogP contribution in [0.15, 0.2) is 18.2 Å². The second kappa shape index (κ2) is 4.73. The van der Waals surface area contributed by atoms with Gasteiger partial charge >= 0.3 is 0 Å². The molecule has 4 nitrogen and oxygen atoms in total. The lowest BCUT2D eigenvalue weighted by molar-refractivity contribution is -0.384. The van der Waals surface area contributed by atoms with E-state index in [0.29, 0.717) is 6.04 Å². The molecule has 1 aliphatic rings. The minimum atomic E-state index is -0.353. The molecule has 4 heteroatoms. The van der Waals surface area contributed by atoms with E-state index in [4.69, 9.17) is 0 Å². The Hall–Kier alpha value is -1.58. The lowest BCUT2D eigenvalue weighted by atomic mass is 10.1. The maximum absolute atomic E-state index is 10.6. The molecule has 0 amide bonds. The number of nitrogens with one attached hydrogen (secondary N) is 1. The molecule has 1 saturated carbocycles. The number of hydrogen-bond acceptors (Lipinski definition) is 3. The van der Waals surface area contributed by atoms with Crippen molar-refractivity contribution in [1.82, 2.24) is 0 Å². The monoisotopic (exact) mass is 234 g/mol. The third kappa shape index (κ3) is 2.75. The van der Waals surface area contributed by atoms with Gasteiger partial charge in [-0.1, -0.05) is 13.3 Å². The second-order valence-electron chi connectivity index (χ2n) is 4.79. The third-order valence-electron chi connectivity index (χ3n) is 3.34. The molecule has 0 aliphatic heterocycles. The van der Waals surface area contributed by atoms with Crippen LogP contribution in [0, 0.1) is 23.0 Å². The van der Waals surface area contributed by atoms with E-state index >= 15 is 0 Å². The highest BCUT2D eigenvalue weighted by atomic mass is 16.6. The summed E-state index contributed by atoms with van der Waals surface area (Å²) in [6.45, 7) is 4.11. The quantitative estimate of drug-likeness (QED) is 0.626. The number of nitro groups is 1. The Kier molecular flexibility index (Phi) is 3.31. The second-order valence-corrected chi connectivity index (χ2v) is 4.79. The molecule has 2 rings (SSSR count). The Labute approximate surface area is 101 Å². The molecule has 2 atom stereocenters.